The molecular weight excluding hydrogens is 202 g/mol. The van der Waals surface area contributed by atoms with Crippen molar-refractivity contribution < 1.29 is 9.84 Å². The lowest BCUT2D eigenvalue weighted by Crippen LogP contribution is -2.31. The maximum Gasteiger partial charge on any atom is 0.140 e. The number of hydrogen-bond acceptors (Lipinski definition) is 3. The Morgan fingerprint density at radius 2 is 2.06 bits per heavy atom. The van der Waals surface area contributed by atoms with Crippen LogP contribution in [0.25, 0.3) is 0 Å². The summed E-state index contributed by atoms with van der Waals surface area (Å²) in [5, 5.41) is 9.90. The molecule has 0 amide bonds. The SMILES string of the molecule is C#CCCCCC(O)C1OC1N(CC)CC. The van der Waals surface area contributed by atoms with Gasteiger partial charge in [-0.2, -0.15) is 0 Å². The second-order valence-corrected chi connectivity index (χ2v) is 4.23. The summed E-state index contributed by atoms with van der Waals surface area (Å²) in [4.78, 5) is 2.23. The fraction of sp³-hybridized carbons (Fsp3) is 0.846. The Morgan fingerprint density at radius 3 is 2.62 bits per heavy atom. The van der Waals surface area contributed by atoms with Crippen LogP contribution in [-0.2, 0) is 4.74 Å². The average molecular weight is 225 g/mol. The molecule has 0 bridgehead atoms. The van der Waals surface area contributed by atoms with Gasteiger partial charge in [-0.05, 0) is 32.4 Å². The summed E-state index contributed by atoms with van der Waals surface area (Å²) in [5.74, 6) is 2.61. The molecule has 1 fully saturated rings. The van der Waals surface area contributed by atoms with Crippen LogP contribution in [-0.4, -0.2) is 41.5 Å². The number of terminal acetylenes is 1. The minimum Gasteiger partial charge on any atom is -0.390 e. The van der Waals surface area contributed by atoms with Gasteiger partial charge in [-0.3, -0.25) is 4.90 Å². The van der Waals surface area contributed by atoms with E-state index < -0.39 is 0 Å². The van der Waals surface area contributed by atoms with E-state index in [1.807, 2.05) is 0 Å². The van der Waals surface area contributed by atoms with Crippen LogP contribution < -0.4 is 0 Å². The molecule has 1 rings (SSSR count). The zero-order chi connectivity index (χ0) is 12.0. The third kappa shape index (κ3) is 3.79. The van der Waals surface area contributed by atoms with E-state index in [2.05, 4.69) is 24.7 Å². The molecule has 1 saturated heterocycles. The molecule has 1 aliphatic rings. The summed E-state index contributed by atoms with van der Waals surface area (Å²) in [6, 6.07) is 0. The van der Waals surface area contributed by atoms with Crippen LogP contribution >= 0.6 is 0 Å². The first-order valence-electron chi connectivity index (χ1n) is 6.25. The normalized spacial score (nSPS) is 25.4. The van der Waals surface area contributed by atoms with Crippen molar-refractivity contribution in [3.63, 3.8) is 0 Å². The number of aliphatic hydroxyl groups excluding tert-OH is 1. The van der Waals surface area contributed by atoms with Crippen molar-refractivity contribution in [1.29, 1.82) is 0 Å². The number of rotatable bonds is 8. The van der Waals surface area contributed by atoms with Gasteiger partial charge in [-0.1, -0.05) is 13.8 Å². The first-order chi connectivity index (χ1) is 7.74. The molecule has 0 aromatic heterocycles. The molecule has 0 spiro atoms. The van der Waals surface area contributed by atoms with Crippen LogP contribution in [0.5, 0.6) is 0 Å². The molecule has 0 aromatic rings. The van der Waals surface area contributed by atoms with Gasteiger partial charge in [0.05, 0.1) is 6.10 Å². The Labute approximate surface area is 98.8 Å². The van der Waals surface area contributed by atoms with Gasteiger partial charge in [0.1, 0.15) is 12.3 Å². The fourth-order valence-electron chi connectivity index (χ4n) is 2.02. The van der Waals surface area contributed by atoms with Gasteiger partial charge in [-0.15, -0.1) is 12.3 Å². The number of ether oxygens (including phenoxy) is 1. The Kier molecular flexibility index (Phi) is 5.83. The number of unbranched alkanes of at least 4 members (excludes halogenated alkanes) is 2. The quantitative estimate of drug-likeness (QED) is 0.387. The van der Waals surface area contributed by atoms with Crippen molar-refractivity contribution in [2.75, 3.05) is 13.1 Å². The molecule has 0 aliphatic carbocycles. The molecule has 16 heavy (non-hydrogen) atoms. The van der Waals surface area contributed by atoms with Crippen LogP contribution in [0, 0.1) is 12.3 Å². The molecule has 0 radical (unpaired) electrons. The Hall–Kier alpha value is -0.560. The Bertz CT molecular complexity index is 233. The standard InChI is InChI=1S/C13H23NO2/c1-4-7-8-9-10-11(15)12-13(16-12)14(5-2)6-3/h1,11-13,15H,5-10H2,2-3H3. The zero-order valence-electron chi connectivity index (χ0n) is 10.4. The molecule has 3 heteroatoms. The molecule has 1 aliphatic heterocycles. The number of aliphatic hydroxyl groups is 1. The average Bonchev–Trinajstić information content (AvgIpc) is 3.06. The fourth-order valence-corrected chi connectivity index (χ4v) is 2.02. The summed E-state index contributed by atoms with van der Waals surface area (Å²) in [6.45, 7) is 6.17. The molecule has 0 aromatic carbocycles. The second kappa shape index (κ2) is 6.90. The van der Waals surface area contributed by atoms with Gasteiger partial charge >= 0.3 is 0 Å². The van der Waals surface area contributed by atoms with E-state index in [0.29, 0.717) is 0 Å². The van der Waals surface area contributed by atoms with Crippen LogP contribution in [0.4, 0.5) is 0 Å². The summed E-state index contributed by atoms with van der Waals surface area (Å²) >= 11 is 0. The van der Waals surface area contributed by atoms with Crippen molar-refractivity contribution in [2.24, 2.45) is 0 Å². The Balaban J connectivity index is 2.15. The van der Waals surface area contributed by atoms with Crippen LogP contribution in [0.1, 0.15) is 39.5 Å². The Morgan fingerprint density at radius 1 is 1.38 bits per heavy atom. The van der Waals surface area contributed by atoms with Crippen molar-refractivity contribution in [3.05, 3.63) is 0 Å². The van der Waals surface area contributed by atoms with Crippen LogP contribution in [0.3, 0.4) is 0 Å². The number of hydrogen-bond donors (Lipinski definition) is 1. The lowest BCUT2D eigenvalue weighted by Gasteiger charge is -2.15. The third-order valence-electron chi connectivity index (χ3n) is 3.12. The van der Waals surface area contributed by atoms with Crippen LogP contribution in [0.15, 0.2) is 0 Å². The molecule has 1 N–H and O–H groups in total. The van der Waals surface area contributed by atoms with E-state index in [9.17, 15) is 5.11 Å². The first-order valence-corrected chi connectivity index (χ1v) is 6.25. The maximum atomic E-state index is 9.90. The van der Waals surface area contributed by atoms with Crippen molar-refractivity contribution in [2.45, 2.75) is 58.0 Å². The monoisotopic (exact) mass is 225 g/mol. The molecule has 92 valence electrons. The van der Waals surface area contributed by atoms with E-state index in [4.69, 9.17) is 11.2 Å². The van der Waals surface area contributed by atoms with Gasteiger partial charge in [-0.25, -0.2) is 0 Å². The zero-order valence-corrected chi connectivity index (χ0v) is 10.4. The molecule has 0 saturated carbocycles. The molecule has 3 unspecified atom stereocenters. The largest absolute Gasteiger partial charge is 0.390 e. The van der Waals surface area contributed by atoms with E-state index in [-0.39, 0.29) is 18.4 Å². The van der Waals surface area contributed by atoms with Gasteiger partial charge in [0.15, 0.2) is 0 Å². The van der Waals surface area contributed by atoms with Gasteiger partial charge < -0.3 is 9.84 Å². The molecular formula is C13H23NO2. The third-order valence-corrected chi connectivity index (χ3v) is 3.12. The highest BCUT2D eigenvalue weighted by Gasteiger charge is 2.46. The molecule has 3 nitrogen and oxygen atoms in total. The molecule has 3 atom stereocenters. The lowest BCUT2D eigenvalue weighted by molar-refractivity contribution is 0.123. The maximum absolute atomic E-state index is 9.90. The predicted molar refractivity (Wildman–Crippen MR) is 64.9 cm³/mol. The predicted octanol–water partition coefficient (Wildman–Crippen LogP) is 1.61. The second-order valence-electron chi connectivity index (χ2n) is 4.23. The first kappa shape index (κ1) is 13.5. The summed E-state index contributed by atoms with van der Waals surface area (Å²) < 4.78 is 5.52. The van der Waals surface area contributed by atoms with Crippen molar-refractivity contribution in [1.82, 2.24) is 4.90 Å². The van der Waals surface area contributed by atoms with Gasteiger partial charge in [0, 0.05) is 6.42 Å². The van der Waals surface area contributed by atoms with E-state index >= 15 is 0 Å². The number of epoxide rings is 1. The van der Waals surface area contributed by atoms with E-state index in [1.54, 1.807) is 0 Å². The topological polar surface area (TPSA) is 36.0 Å². The smallest absolute Gasteiger partial charge is 0.140 e. The summed E-state index contributed by atoms with van der Waals surface area (Å²) in [6.07, 6.45) is 8.57. The minimum absolute atomic E-state index is 0.0192. The highest BCUT2D eigenvalue weighted by Crippen LogP contribution is 2.30. The lowest BCUT2D eigenvalue weighted by atomic mass is 10.1. The highest BCUT2D eigenvalue weighted by molar-refractivity contribution is 4.90. The van der Waals surface area contributed by atoms with Gasteiger partial charge in [0.2, 0.25) is 0 Å². The van der Waals surface area contributed by atoms with Crippen molar-refractivity contribution in [3.8, 4) is 12.3 Å². The highest BCUT2D eigenvalue weighted by atomic mass is 16.6. The van der Waals surface area contributed by atoms with E-state index in [1.165, 1.54) is 0 Å². The van der Waals surface area contributed by atoms with Gasteiger partial charge in [0.25, 0.3) is 0 Å². The minimum atomic E-state index is -0.330. The summed E-state index contributed by atoms with van der Waals surface area (Å²) in [5.41, 5.74) is 0. The van der Waals surface area contributed by atoms with Crippen molar-refractivity contribution >= 4 is 0 Å². The van der Waals surface area contributed by atoms with Crippen LogP contribution in [0.2, 0.25) is 0 Å². The number of nitrogens with zero attached hydrogens (tertiary/aromatic N) is 1. The number of likely N-dealkylation sites (N-methyl/N-ethyl adjacent to an activating group) is 1. The molecule has 1 heterocycles. The summed E-state index contributed by atoms with van der Waals surface area (Å²) in [7, 11) is 0. The van der Waals surface area contributed by atoms with E-state index in [0.717, 1.165) is 38.8 Å².